The number of aromatic nitrogens is 3. The van der Waals surface area contributed by atoms with E-state index in [4.69, 9.17) is 0 Å². The van der Waals surface area contributed by atoms with Gasteiger partial charge in [-0.15, -0.1) is 0 Å². The molecular formula is C17H26N4. The molecule has 0 amide bonds. The Kier molecular flexibility index (Phi) is 6.41. The number of nitrogens with one attached hydrogen (secondary N) is 2. The highest BCUT2D eigenvalue weighted by Crippen LogP contribution is 2.19. The number of aromatic amines is 1. The lowest BCUT2D eigenvalue weighted by Gasteiger charge is -2.14. The SMILES string of the molecule is CCCCC(CC)CNCc1n[nH]nc1-c1ccccc1. The summed E-state index contributed by atoms with van der Waals surface area (Å²) in [6.07, 6.45) is 5.14. The van der Waals surface area contributed by atoms with E-state index in [0.717, 1.165) is 36.0 Å². The van der Waals surface area contributed by atoms with Crippen LogP contribution in [-0.2, 0) is 6.54 Å². The topological polar surface area (TPSA) is 53.6 Å². The Labute approximate surface area is 127 Å². The van der Waals surface area contributed by atoms with Gasteiger partial charge in [-0.25, -0.2) is 0 Å². The standard InChI is InChI=1S/C17H26N4/c1-3-5-9-14(4-2)12-18-13-16-17(20-21-19-16)15-10-7-6-8-11-15/h6-8,10-11,14,18H,3-5,9,12-13H2,1-2H3,(H,19,20,21). The van der Waals surface area contributed by atoms with Crippen LogP contribution in [0.15, 0.2) is 30.3 Å². The molecule has 1 aromatic carbocycles. The largest absolute Gasteiger partial charge is 0.311 e. The van der Waals surface area contributed by atoms with Gasteiger partial charge in [0.15, 0.2) is 0 Å². The second-order valence-electron chi connectivity index (χ2n) is 5.53. The zero-order valence-electron chi connectivity index (χ0n) is 13.1. The highest BCUT2D eigenvalue weighted by molar-refractivity contribution is 5.60. The van der Waals surface area contributed by atoms with Crippen molar-refractivity contribution in [2.75, 3.05) is 6.54 Å². The van der Waals surface area contributed by atoms with Gasteiger partial charge in [0.1, 0.15) is 11.4 Å². The molecule has 2 N–H and O–H groups in total. The Balaban J connectivity index is 1.88. The summed E-state index contributed by atoms with van der Waals surface area (Å²) in [4.78, 5) is 0. The van der Waals surface area contributed by atoms with Crippen molar-refractivity contribution in [3.05, 3.63) is 36.0 Å². The molecule has 4 heteroatoms. The van der Waals surface area contributed by atoms with Crippen molar-refractivity contribution < 1.29 is 0 Å². The smallest absolute Gasteiger partial charge is 0.117 e. The first-order valence-electron chi connectivity index (χ1n) is 8.00. The van der Waals surface area contributed by atoms with Gasteiger partial charge in [-0.05, 0) is 18.9 Å². The predicted octanol–water partition coefficient (Wildman–Crippen LogP) is 3.78. The zero-order valence-corrected chi connectivity index (χ0v) is 13.1. The van der Waals surface area contributed by atoms with Crippen molar-refractivity contribution in [1.29, 1.82) is 0 Å². The molecule has 1 unspecified atom stereocenters. The molecule has 0 aliphatic heterocycles. The average molecular weight is 286 g/mol. The van der Waals surface area contributed by atoms with Crippen molar-refractivity contribution in [3.8, 4) is 11.3 Å². The van der Waals surface area contributed by atoms with Crippen LogP contribution in [0.5, 0.6) is 0 Å². The fourth-order valence-electron chi connectivity index (χ4n) is 2.54. The number of rotatable bonds is 9. The van der Waals surface area contributed by atoms with E-state index in [1.807, 2.05) is 18.2 Å². The Morgan fingerprint density at radius 1 is 1.14 bits per heavy atom. The van der Waals surface area contributed by atoms with Crippen LogP contribution in [0.25, 0.3) is 11.3 Å². The molecule has 0 radical (unpaired) electrons. The van der Waals surface area contributed by atoms with Crippen molar-refractivity contribution in [2.45, 2.75) is 46.1 Å². The van der Waals surface area contributed by atoms with Gasteiger partial charge >= 0.3 is 0 Å². The van der Waals surface area contributed by atoms with Crippen molar-refractivity contribution >= 4 is 0 Å². The van der Waals surface area contributed by atoms with Crippen LogP contribution in [0, 0.1) is 5.92 Å². The Morgan fingerprint density at radius 2 is 1.95 bits per heavy atom. The number of unbranched alkanes of at least 4 members (excludes halogenated alkanes) is 1. The van der Waals surface area contributed by atoms with Crippen molar-refractivity contribution in [3.63, 3.8) is 0 Å². The lowest BCUT2D eigenvalue weighted by Crippen LogP contribution is -2.22. The second-order valence-corrected chi connectivity index (χ2v) is 5.53. The van der Waals surface area contributed by atoms with Crippen molar-refractivity contribution in [1.82, 2.24) is 20.7 Å². The van der Waals surface area contributed by atoms with Crippen LogP contribution < -0.4 is 5.32 Å². The van der Waals surface area contributed by atoms with E-state index in [1.54, 1.807) is 0 Å². The van der Waals surface area contributed by atoms with Crippen LogP contribution in [-0.4, -0.2) is 22.0 Å². The minimum absolute atomic E-state index is 0.761. The van der Waals surface area contributed by atoms with Crippen LogP contribution in [0.3, 0.4) is 0 Å². The first-order valence-corrected chi connectivity index (χ1v) is 8.00. The molecule has 0 saturated carbocycles. The summed E-state index contributed by atoms with van der Waals surface area (Å²) in [5, 5.41) is 14.8. The van der Waals surface area contributed by atoms with Gasteiger partial charge < -0.3 is 5.32 Å². The summed E-state index contributed by atoms with van der Waals surface area (Å²) < 4.78 is 0. The van der Waals surface area contributed by atoms with E-state index in [9.17, 15) is 0 Å². The molecule has 4 nitrogen and oxygen atoms in total. The summed E-state index contributed by atoms with van der Waals surface area (Å²) in [6.45, 7) is 6.34. The fourth-order valence-corrected chi connectivity index (χ4v) is 2.54. The van der Waals surface area contributed by atoms with E-state index in [-0.39, 0.29) is 0 Å². The van der Waals surface area contributed by atoms with E-state index in [2.05, 4.69) is 46.7 Å². The average Bonchev–Trinajstić information content (AvgIpc) is 3.00. The quantitative estimate of drug-likeness (QED) is 0.737. The zero-order chi connectivity index (χ0) is 14.9. The van der Waals surface area contributed by atoms with Crippen LogP contribution in [0.1, 0.15) is 45.2 Å². The number of H-pyrrole nitrogens is 1. The summed E-state index contributed by atoms with van der Waals surface area (Å²) in [5.41, 5.74) is 3.05. The Bertz CT molecular complexity index is 507. The highest BCUT2D eigenvalue weighted by Gasteiger charge is 2.11. The van der Waals surface area contributed by atoms with E-state index < -0.39 is 0 Å². The fraction of sp³-hybridized carbons (Fsp3) is 0.529. The first kappa shape index (κ1) is 15.7. The predicted molar refractivity (Wildman–Crippen MR) is 86.8 cm³/mol. The molecule has 0 aliphatic carbocycles. The molecule has 0 aliphatic rings. The summed E-state index contributed by atoms with van der Waals surface area (Å²) in [5.74, 6) is 0.761. The molecule has 1 atom stereocenters. The first-order chi connectivity index (χ1) is 10.3. The van der Waals surface area contributed by atoms with Gasteiger partial charge in [-0.3, -0.25) is 0 Å². The molecule has 114 valence electrons. The molecule has 0 saturated heterocycles. The summed E-state index contributed by atoms with van der Waals surface area (Å²) in [7, 11) is 0. The molecule has 0 spiro atoms. The van der Waals surface area contributed by atoms with Gasteiger partial charge in [0.25, 0.3) is 0 Å². The van der Waals surface area contributed by atoms with Gasteiger partial charge in [0.05, 0.1) is 0 Å². The monoisotopic (exact) mass is 286 g/mol. The maximum Gasteiger partial charge on any atom is 0.117 e. The van der Waals surface area contributed by atoms with Gasteiger partial charge in [-0.1, -0.05) is 63.4 Å². The molecule has 0 fully saturated rings. The van der Waals surface area contributed by atoms with Gasteiger partial charge in [-0.2, -0.15) is 15.4 Å². The molecular weight excluding hydrogens is 260 g/mol. The minimum atomic E-state index is 0.761. The third-order valence-corrected chi connectivity index (χ3v) is 3.94. The molecule has 1 heterocycles. The molecule has 2 aromatic rings. The third-order valence-electron chi connectivity index (χ3n) is 3.94. The maximum absolute atomic E-state index is 4.28. The normalized spacial score (nSPS) is 12.5. The van der Waals surface area contributed by atoms with Gasteiger partial charge in [0, 0.05) is 12.1 Å². The lowest BCUT2D eigenvalue weighted by atomic mass is 9.99. The van der Waals surface area contributed by atoms with Crippen molar-refractivity contribution in [2.24, 2.45) is 5.92 Å². The Morgan fingerprint density at radius 3 is 2.67 bits per heavy atom. The molecule has 2 rings (SSSR count). The minimum Gasteiger partial charge on any atom is -0.311 e. The molecule has 21 heavy (non-hydrogen) atoms. The van der Waals surface area contributed by atoms with E-state index in [1.165, 1.54) is 25.7 Å². The number of nitrogens with zero attached hydrogens (tertiary/aromatic N) is 2. The number of hydrogen-bond acceptors (Lipinski definition) is 3. The lowest BCUT2D eigenvalue weighted by molar-refractivity contribution is 0.418. The maximum atomic E-state index is 4.28. The number of benzene rings is 1. The molecule has 1 aromatic heterocycles. The second kappa shape index (κ2) is 8.57. The highest BCUT2D eigenvalue weighted by atomic mass is 15.3. The molecule has 0 bridgehead atoms. The van der Waals surface area contributed by atoms with E-state index in [0.29, 0.717) is 0 Å². The van der Waals surface area contributed by atoms with Gasteiger partial charge in [0.2, 0.25) is 0 Å². The van der Waals surface area contributed by atoms with E-state index >= 15 is 0 Å². The Hall–Kier alpha value is -1.68. The number of hydrogen-bond donors (Lipinski definition) is 2. The summed E-state index contributed by atoms with van der Waals surface area (Å²) >= 11 is 0. The summed E-state index contributed by atoms with van der Waals surface area (Å²) in [6, 6.07) is 10.2. The van der Waals surface area contributed by atoms with Crippen LogP contribution in [0.4, 0.5) is 0 Å². The van der Waals surface area contributed by atoms with Crippen LogP contribution >= 0.6 is 0 Å². The third kappa shape index (κ3) is 4.67. The van der Waals surface area contributed by atoms with Crippen LogP contribution in [0.2, 0.25) is 0 Å².